The minimum Gasteiger partial charge on any atom is -0.289 e. The summed E-state index contributed by atoms with van der Waals surface area (Å²) in [5.74, 6) is -0.468. The molecule has 226 valence electrons. The second-order valence-corrected chi connectivity index (χ2v) is 13.5. The Morgan fingerprint density at radius 3 is 1.24 bits per heavy atom. The van der Waals surface area contributed by atoms with E-state index >= 15 is 0 Å². The summed E-state index contributed by atoms with van der Waals surface area (Å²) in [5.41, 5.74) is 3.57. The van der Waals surface area contributed by atoms with Gasteiger partial charge in [0, 0.05) is 22.3 Å². The maximum Gasteiger partial charge on any atom is 0.264 e. The molecule has 10 heteroatoms. The molecule has 0 aliphatic heterocycles. The van der Waals surface area contributed by atoms with Crippen molar-refractivity contribution in [2.24, 2.45) is 0 Å². The molecule has 0 saturated heterocycles. The van der Waals surface area contributed by atoms with E-state index in [0.29, 0.717) is 47.9 Å². The lowest BCUT2D eigenvalue weighted by Crippen LogP contribution is -2.14. The zero-order valence-electron chi connectivity index (χ0n) is 24.1. The average Bonchev–Trinajstić information content (AvgIpc) is 2.96. The molecule has 0 saturated carbocycles. The van der Waals surface area contributed by atoms with Gasteiger partial charge in [-0.25, -0.2) is 0 Å². The molecule has 0 fully saturated rings. The molecule has 0 aliphatic carbocycles. The molecule has 0 radical (unpaired) electrons. The highest BCUT2D eigenvalue weighted by molar-refractivity contribution is 7.86. The van der Waals surface area contributed by atoms with Gasteiger partial charge in [-0.2, -0.15) is 16.8 Å². The van der Waals surface area contributed by atoms with E-state index in [1.807, 2.05) is 24.3 Å². The van der Waals surface area contributed by atoms with Gasteiger partial charge in [0.2, 0.25) is 0 Å². The lowest BCUT2D eigenvalue weighted by Gasteiger charge is -2.16. The van der Waals surface area contributed by atoms with Crippen LogP contribution in [0.5, 0.6) is 0 Å². The van der Waals surface area contributed by atoms with Gasteiger partial charge >= 0.3 is 0 Å². The van der Waals surface area contributed by atoms with Crippen LogP contribution in [0.4, 0.5) is 0 Å². The predicted molar refractivity (Wildman–Crippen MR) is 163 cm³/mol. The molecule has 0 N–H and O–H groups in total. The van der Waals surface area contributed by atoms with Crippen LogP contribution in [-0.4, -0.2) is 54.1 Å². The van der Waals surface area contributed by atoms with E-state index in [9.17, 15) is 26.4 Å². The molecular weight excluding hydrogens is 576 g/mol. The number of hydrogen-bond acceptors (Lipinski definition) is 8. The van der Waals surface area contributed by atoms with E-state index < -0.39 is 20.2 Å². The highest BCUT2D eigenvalue weighted by Crippen LogP contribution is 2.26. The summed E-state index contributed by atoms with van der Waals surface area (Å²) >= 11 is 0. The first-order valence-electron chi connectivity index (χ1n) is 14.0. The lowest BCUT2D eigenvalue weighted by molar-refractivity contribution is 0.100. The van der Waals surface area contributed by atoms with Crippen molar-refractivity contribution in [1.82, 2.24) is 0 Å². The molecule has 3 rings (SSSR count). The van der Waals surface area contributed by atoms with E-state index in [0.717, 1.165) is 49.3 Å². The minimum absolute atomic E-state index is 0.115. The van der Waals surface area contributed by atoms with Crippen molar-refractivity contribution < 1.29 is 34.8 Å². The Labute approximate surface area is 249 Å². The molecule has 3 aromatic rings. The van der Waals surface area contributed by atoms with Crippen LogP contribution in [0.25, 0.3) is 0 Å². The largest absolute Gasteiger partial charge is 0.289 e. The normalized spacial score (nSPS) is 11.9. The number of rotatable bonds is 18. The van der Waals surface area contributed by atoms with Crippen molar-refractivity contribution in [3.63, 3.8) is 0 Å². The third-order valence-electron chi connectivity index (χ3n) is 6.68. The Balaban J connectivity index is 1.90. The molecule has 0 amide bonds. The average molecular weight is 615 g/mol. The van der Waals surface area contributed by atoms with E-state index in [1.165, 1.54) is 0 Å². The van der Waals surface area contributed by atoms with Crippen LogP contribution in [0, 0.1) is 0 Å². The van der Waals surface area contributed by atoms with Crippen LogP contribution in [0.3, 0.4) is 0 Å². The maximum atomic E-state index is 13.7. The number of unbranched alkanes of at least 4 members (excludes halogenated alkanes) is 4. The van der Waals surface area contributed by atoms with Gasteiger partial charge < -0.3 is 0 Å². The molecule has 0 bridgehead atoms. The first-order valence-corrected chi connectivity index (χ1v) is 17.6. The third-order valence-corrected chi connectivity index (χ3v) is 7.87. The minimum atomic E-state index is -3.48. The van der Waals surface area contributed by atoms with Crippen molar-refractivity contribution >= 4 is 31.8 Å². The first kappa shape index (κ1) is 33.3. The number of ketones is 2. The summed E-state index contributed by atoms with van der Waals surface area (Å²) in [5, 5.41) is 0. The summed E-state index contributed by atoms with van der Waals surface area (Å²) in [4.78, 5) is 27.4. The number of benzene rings is 3. The first-order chi connectivity index (χ1) is 19.9. The predicted octanol–water partition coefficient (Wildman–Crippen LogP) is 5.53. The van der Waals surface area contributed by atoms with Gasteiger partial charge in [-0.15, -0.1) is 0 Å². The van der Waals surface area contributed by atoms with Gasteiger partial charge in [-0.1, -0.05) is 73.5 Å². The van der Waals surface area contributed by atoms with Crippen LogP contribution in [0.1, 0.15) is 81.5 Å². The Kier molecular flexibility index (Phi) is 12.6. The molecule has 0 heterocycles. The van der Waals surface area contributed by atoms with Gasteiger partial charge in [-0.05, 0) is 61.8 Å². The van der Waals surface area contributed by atoms with E-state index in [-0.39, 0.29) is 24.8 Å². The standard InChI is InChI=1S/C32H38O8S2/c1-41(35,36)39-21-13-5-11-19-27-23-29(31(33)25-15-7-3-8-16-25)30(32(34)26-17-9-4-10-18-26)24-28(27)20-12-6-14-22-40-42(2,37)38/h3-4,7-10,15-18,23-24H,5-6,11-14,19-22H2,1-2H3. The van der Waals surface area contributed by atoms with Gasteiger partial charge in [-0.3, -0.25) is 18.0 Å². The van der Waals surface area contributed by atoms with Gasteiger partial charge in [0.15, 0.2) is 11.6 Å². The molecule has 42 heavy (non-hydrogen) atoms. The van der Waals surface area contributed by atoms with Crippen LogP contribution in [0.15, 0.2) is 72.8 Å². The molecule has 0 aromatic heterocycles. The third kappa shape index (κ3) is 11.2. The summed E-state index contributed by atoms with van der Waals surface area (Å²) < 4.78 is 54.6. The monoisotopic (exact) mass is 614 g/mol. The van der Waals surface area contributed by atoms with Crippen LogP contribution in [0.2, 0.25) is 0 Å². The number of aryl methyl sites for hydroxylation is 2. The lowest BCUT2D eigenvalue weighted by atomic mass is 9.86. The second kappa shape index (κ2) is 15.9. The topological polar surface area (TPSA) is 121 Å². The summed E-state index contributed by atoms with van der Waals surface area (Å²) in [6, 6.07) is 21.4. The smallest absolute Gasteiger partial charge is 0.264 e. The summed E-state index contributed by atoms with van der Waals surface area (Å²) in [6.45, 7) is 0.229. The van der Waals surface area contributed by atoms with E-state index in [4.69, 9.17) is 8.37 Å². The Morgan fingerprint density at radius 1 is 0.548 bits per heavy atom. The Hall–Kier alpha value is -3.18. The zero-order valence-corrected chi connectivity index (χ0v) is 25.7. The van der Waals surface area contributed by atoms with E-state index in [2.05, 4.69) is 0 Å². The van der Waals surface area contributed by atoms with Crippen molar-refractivity contribution in [2.45, 2.75) is 51.4 Å². The fourth-order valence-electron chi connectivity index (χ4n) is 4.63. The van der Waals surface area contributed by atoms with Gasteiger partial charge in [0.1, 0.15) is 0 Å². The second-order valence-electron chi connectivity index (χ2n) is 10.2. The fraction of sp³-hybridized carbons (Fsp3) is 0.375. The number of hydrogen-bond donors (Lipinski definition) is 0. The quantitative estimate of drug-likeness (QED) is 0.104. The highest BCUT2D eigenvalue weighted by Gasteiger charge is 2.22. The Bertz CT molecular complexity index is 1430. The van der Waals surface area contributed by atoms with Crippen molar-refractivity contribution in [3.05, 3.63) is 106 Å². The van der Waals surface area contributed by atoms with Crippen molar-refractivity contribution in [1.29, 1.82) is 0 Å². The van der Waals surface area contributed by atoms with Crippen molar-refractivity contribution in [3.8, 4) is 0 Å². The summed E-state index contributed by atoms with van der Waals surface area (Å²) in [6.07, 6.45) is 7.41. The van der Waals surface area contributed by atoms with Crippen molar-refractivity contribution in [2.75, 3.05) is 25.7 Å². The van der Waals surface area contributed by atoms with Crippen LogP contribution >= 0.6 is 0 Å². The maximum absolute atomic E-state index is 13.7. The van der Waals surface area contributed by atoms with Crippen LogP contribution < -0.4 is 0 Å². The van der Waals surface area contributed by atoms with E-state index in [1.54, 1.807) is 48.5 Å². The summed E-state index contributed by atoms with van der Waals surface area (Å²) in [7, 11) is -6.97. The number of carbonyl (C=O) groups is 2. The Morgan fingerprint density at radius 2 is 0.905 bits per heavy atom. The van der Waals surface area contributed by atoms with Gasteiger partial charge in [0.05, 0.1) is 25.7 Å². The highest BCUT2D eigenvalue weighted by atomic mass is 32.2. The molecule has 0 spiro atoms. The molecule has 8 nitrogen and oxygen atoms in total. The fourth-order valence-corrected chi connectivity index (χ4v) is 5.47. The molecule has 0 unspecified atom stereocenters. The van der Waals surface area contributed by atoms with Gasteiger partial charge in [0.25, 0.3) is 20.2 Å². The molecular formula is C32H38O8S2. The molecule has 3 aromatic carbocycles. The SMILES string of the molecule is CS(=O)(=O)OCCCCCc1cc(C(=O)c2ccccc2)c(C(=O)c2ccccc2)cc1CCCCCOS(C)(=O)=O. The zero-order chi connectivity index (χ0) is 30.6. The number of carbonyl (C=O) groups excluding carboxylic acids is 2. The molecule has 0 aliphatic rings. The van der Waals surface area contributed by atoms with Crippen LogP contribution in [-0.2, 0) is 41.4 Å². The molecule has 0 atom stereocenters.